The summed E-state index contributed by atoms with van der Waals surface area (Å²) in [6.07, 6.45) is 4.40. The lowest BCUT2D eigenvalue weighted by Gasteiger charge is -2.09. The maximum Gasteiger partial charge on any atom is 0.251 e. The number of anilines is 1. The topological polar surface area (TPSA) is 118 Å². The summed E-state index contributed by atoms with van der Waals surface area (Å²) < 4.78 is 32.3. The van der Waals surface area contributed by atoms with Crippen molar-refractivity contribution in [1.82, 2.24) is 10.0 Å². The van der Waals surface area contributed by atoms with E-state index in [-0.39, 0.29) is 29.3 Å². The molecule has 0 aliphatic rings. The molecule has 3 N–H and O–H groups in total. The molecule has 0 aliphatic heterocycles. The van der Waals surface area contributed by atoms with Gasteiger partial charge in [0.2, 0.25) is 15.9 Å². The Labute approximate surface area is 192 Å². The summed E-state index contributed by atoms with van der Waals surface area (Å²) >= 11 is 0. The van der Waals surface area contributed by atoms with Crippen molar-refractivity contribution in [3.05, 3.63) is 89.9 Å². The maximum atomic E-state index is 12.4. The minimum atomic E-state index is -3.68. The van der Waals surface area contributed by atoms with Crippen LogP contribution in [0.3, 0.4) is 0 Å². The van der Waals surface area contributed by atoms with Crippen LogP contribution in [0.5, 0.6) is 0 Å². The second-order valence-electron chi connectivity index (χ2n) is 7.50. The van der Waals surface area contributed by atoms with Crippen LogP contribution >= 0.6 is 0 Å². The van der Waals surface area contributed by atoms with E-state index in [1.165, 1.54) is 24.5 Å². The Morgan fingerprint density at radius 3 is 2.30 bits per heavy atom. The molecule has 3 aromatic rings. The number of nitrogens with one attached hydrogen (secondary N) is 3. The Kier molecular flexibility index (Phi) is 7.81. The standard InChI is InChI=1S/C24H25N3O5S/c1-17(2)26-24(29)19-8-10-20(11-9-19)27-23(28)14-7-18-5-12-22(13-6-18)33(30,31)25-16-21-4-3-15-32-21/h3-15,17,25H,16H2,1-2H3,(H,26,29)(H,27,28). The lowest BCUT2D eigenvalue weighted by molar-refractivity contribution is -0.111. The van der Waals surface area contributed by atoms with Crippen LogP contribution in [0.15, 0.2) is 82.3 Å². The first-order chi connectivity index (χ1) is 15.7. The van der Waals surface area contributed by atoms with E-state index < -0.39 is 10.0 Å². The van der Waals surface area contributed by atoms with Crippen molar-refractivity contribution in [2.45, 2.75) is 31.3 Å². The van der Waals surface area contributed by atoms with Gasteiger partial charge < -0.3 is 15.1 Å². The second kappa shape index (κ2) is 10.8. The van der Waals surface area contributed by atoms with Gasteiger partial charge in [0.25, 0.3) is 5.91 Å². The van der Waals surface area contributed by atoms with Crippen molar-refractivity contribution in [3.8, 4) is 0 Å². The second-order valence-corrected chi connectivity index (χ2v) is 9.27. The number of hydrogen-bond donors (Lipinski definition) is 3. The van der Waals surface area contributed by atoms with Gasteiger partial charge in [-0.25, -0.2) is 13.1 Å². The van der Waals surface area contributed by atoms with Gasteiger partial charge in [-0.1, -0.05) is 12.1 Å². The van der Waals surface area contributed by atoms with Gasteiger partial charge >= 0.3 is 0 Å². The van der Waals surface area contributed by atoms with Crippen molar-refractivity contribution >= 4 is 33.6 Å². The molecule has 0 atom stereocenters. The van der Waals surface area contributed by atoms with E-state index in [1.54, 1.807) is 54.6 Å². The fourth-order valence-corrected chi connectivity index (χ4v) is 3.82. The molecule has 3 rings (SSSR count). The molecule has 1 aromatic heterocycles. The van der Waals surface area contributed by atoms with Crippen LogP contribution in [0.1, 0.15) is 35.5 Å². The third kappa shape index (κ3) is 7.16. The van der Waals surface area contributed by atoms with E-state index in [9.17, 15) is 18.0 Å². The fourth-order valence-electron chi connectivity index (χ4n) is 2.83. The molecule has 9 heteroatoms. The van der Waals surface area contributed by atoms with Crippen molar-refractivity contribution in [1.29, 1.82) is 0 Å². The van der Waals surface area contributed by atoms with E-state index in [0.29, 0.717) is 22.6 Å². The minimum Gasteiger partial charge on any atom is -0.468 e. The van der Waals surface area contributed by atoms with E-state index >= 15 is 0 Å². The van der Waals surface area contributed by atoms with Gasteiger partial charge in [0.15, 0.2) is 0 Å². The molecule has 1 heterocycles. The van der Waals surface area contributed by atoms with Gasteiger partial charge in [0.1, 0.15) is 5.76 Å². The third-order valence-corrected chi connectivity index (χ3v) is 5.89. The Morgan fingerprint density at radius 2 is 1.70 bits per heavy atom. The smallest absolute Gasteiger partial charge is 0.251 e. The molecule has 33 heavy (non-hydrogen) atoms. The van der Waals surface area contributed by atoms with E-state index in [1.807, 2.05) is 13.8 Å². The Bertz CT molecular complexity index is 1210. The van der Waals surface area contributed by atoms with Crippen LogP contribution < -0.4 is 15.4 Å². The largest absolute Gasteiger partial charge is 0.468 e. The summed E-state index contributed by atoms with van der Waals surface area (Å²) in [5, 5.41) is 5.51. The number of sulfonamides is 1. The molecule has 2 amide bonds. The predicted octanol–water partition coefficient (Wildman–Crippen LogP) is 3.55. The van der Waals surface area contributed by atoms with Crippen LogP contribution in [0.2, 0.25) is 0 Å². The molecule has 0 saturated heterocycles. The highest BCUT2D eigenvalue weighted by molar-refractivity contribution is 7.89. The lowest BCUT2D eigenvalue weighted by Crippen LogP contribution is -2.29. The molecule has 0 radical (unpaired) electrons. The third-order valence-electron chi connectivity index (χ3n) is 4.47. The van der Waals surface area contributed by atoms with Crippen LogP contribution in [-0.2, 0) is 21.4 Å². The quantitative estimate of drug-likeness (QED) is 0.416. The molecule has 0 bridgehead atoms. The number of hydrogen-bond acceptors (Lipinski definition) is 5. The molecule has 172 valence electrons. The summed E-state index contributed by atoms with van der Waals surface area (Å²) in [5.41, 5.74) is 1.72. The Morgan fingerprint density at radius 1 is 1.00 bits per heavy atom. The van der Waals surface area contributed by atoms with E-state index in [2.05, 4.69) is 15.4 Å². The molecule has 0 unspecified atom stereocenters. The van der Waals surface area contributed by atoms with Gasteiger partial charge in [0.05, 0.1) is 17.7 Å². The van der Waals surface area contributed by atoms with Gasteiger partial charge in [-0.15, -0.1) is 0 Å². The van der Waals surface area contributed by atoms with Crippen molar-refractivity contribution in [3.63, 3.8) is 0 Å². The van der Waals surface area contributed by atoms with E-state index in [4.69, 9.17) is 4.42 Å². The zero-order chi connectivity index (χ0) is 23.8. The molecule has 8 nitrogen and oxygen atoms in total. The van der Waals surface area contributed by atoms with Crippen LogP contribution in [0.25, 0.3) is 6.08 Å². The Balaban J connectivity index is 1.55. The van der Waals surface area contributed by atoms with Gasteiger partial charge in [0, 0.05) is 23.4 Å². The highest BCUT2D eigenvalue weighted by Crippen LogP contribution is 2.14. The molecular formula is C24H25N3O5S. The molecule has 0 spiro atoms. The number of carbonyl (C=O) groups is 2. The molecule has 0 fully saturated rings. The zero-order valence-electron chi connectivity index (χ0n) is 18.2. The number of carbonyl (C=O) groups excluding carboxylic acids is 2. The van der Waals surface area contributed by atoms with Gasteiger partial charge in [-0.3, -0.25) is 9.59 Å². The summed E-state index contributed by atoms with van der Waals surface area (Å²) in [4.78, 5) is 24.3. The van der Waals surface area contributed by atoms with Crippen molar-refractivity contribution in [2.24, 2.45) is 0 Å². The number of benzene rings is 2. The van der Waals surface area contributed by atoms with Gasteiger partial charge in [-0.05, 0) is 74.0 Å². The van der Waals surface area contributed by atoms with Crippen molar-refractivity contribution < 1.29 is 22.4 Å². The number of amides is 2. The van der Waals surface area contributed by atoms with E-state index in [0.717, 1.165) is 0 Å². The van der Waals surface area contributed by atoms with Crippen LogP contribution in [0, 0.1) is 0 Å². The maximum absolute atomic E-state index is 12.4. The zero-order valence-corrected chi connectivity index (χ0v) is 19.1. The van der Waals surface area contributed by atoms with Gasteiger partial charge in [-0.2, -0.15) is 0 Å². The van der Waals surface area contributed by atoms with Crippen molar-refractivity contribution in [2.75, 3.05) is 5.32 Å². The fraction of sp³-hybridized carbons (Fsp3) is 0.167. The monoisotopic (exact) mass is 467 g/mol. The van der Waals surface area contributed by atoms with Crippen LogP contribution in [-0.4, -0.2) is 26.3 Å². The molecule has 2 aromatic carbocycles. The average molecular weight is 468 g/mol. The first-order valence-corrected chi connectivity index (χ1v) is 11.7. The highest BCUT2D eigenvalue weighted by atomic mass is 32.2. The average Bonchev–Trinajstić information content (AvgIpc) is 3.30. The Hall–Kier alpha value is -3.69. The first kappa shape index (κ1) is 24.0. The molecule has 0 aliphatic carbocycles. The number of rotatable bonds is 9. The molecular weight excluding hydrogens is 442 g/mol. The summed E-state index contributed by atoms with van der Waals surface area (Å²) in [7, 11) is -3.68. The predicted molar refractivity (Wildman–Crippen MR) is 126 cm³/mol. The summed E-state index contributed by atoms with van der Waals surface area (Å²) in [5.74, 6) is -0.0202. The normalized spacial score (nSPS) is 11.6. The minimum absolute atomic E-state index is 0.0363. The van der Waals surface area contributed by atoms with Crippen LogP contribution in [0.4, 0.5) is 5.69 Å². The first-order valence-electron chi connectivity index (χ1n) is 10.2. The SMILES string of the molecule is CC(C)NC(=O)c1ccc(NC(=O)C=Cc2ccc(S(=O)(=O)NCc3ccco3)cc2)cc1. The summed E-state index contributed by atoms with van der Waals surface area (Å²) in [6.45, 7) is 3.82. The summed E-state index contributed by atoms with van der Waals surface area (Å²) in [6, 6.07) is 16.1. The lowest BCUT2D eigenvalue weighted by atomic mass is 10.2. The highest BCUT2D eigenvalue weighted by Gasteiger charge is 2.14. The number of furan rings is 1. The molecule has 0 saturated carbocycles.